The van der Waals surface area contributed by atoms with Gasteiger partial charge in [-0.2, -0.15) is 0 Å². The Kier molecular flexibility index (Phi) is 6.15. The summed E-state index contributed by atoms with van der Waals surface area (Å²) in [7, 11) is 0. The van der Waals surface area contributed by atoms with Gasteiger partial charge in [0, 0.05) is 24.5 Å². The first kappa shape index (κ1) is 15.8. The lowest BCUT2D eigenvalue weighted by Crippen LogP contribution is -2.25. The van der Waals surface area contributed by atoms with Crippen LogP contribution in [0.4, 0.5) is 0 Å². The lowest BCUT2D eigenvalue weighted by Gasteiger charge is -2.17. The molecule has 0 spiro atoms. The van der Waals surface area contributed by atoms with E-state index in [-0.39, 0.29) is 5.91 Å². The van der Waals surface area contributed by atoms with Crippen LogP contribution >= 0.6 is 11.8 Å². The van der Waals surface area contributed by atoms with Gasteiger partial charge in [0.2, 0.25) is 5.91 Å². The van der Waals surface area contributed by atoms with Gasteiger partial charge >= 0.3 is 0 Å². The molecule has 1 aromatic rings. The summed E-state index contributed by atoms with van der Waals surface area (Å²) in [5, 5.41) is 3.68. The number of aromatic nitrogens is 2. The van der Waals surface area contributed by atoms with Gasteiger partial charge in [0.25, 0.3) is 0 Å². The van der Waals surface area contributed by atoms with Gasteiger partial charge in [0.05, 0.1) is 5.75 Å². The average molecular weight is 281 g/mol. The number of thioether (sulfide) groups is 1. The number of nitrogens with one attached hydrogen (secondary N) is 1. The molecule has 19 heavy (non-hydrogen) atoms. The predicted molar refractivity (Wildman–Crippen MR) is 80.6 cm³/mol. The number of hydrogen-bond donors (Lipinski definition) is 1. The third-order valence-electron chi connectivity index (χ3n) is 2.68. The maximum Gasteiger partial charge on any atom is 0.230 e. The molecular formula is C14H23N3OS. The van der Waals surface area contributed by atoms with Crippen molar-refractivity contribution in [2.75, 3.05) is 12.3 Å². The van der Waals surface area contributed by atoms with Crippen LogP contribution in [0.3, 0.4) is 0 Å². The molecule has 1 N–H and O–H groups in total. The van der Waals surface area contributed by atoms with Crippen molar-refractivity contribution in [1.82, 2.24) is 14.9 Å². The maximum absolute atomic E-state index is 11.6. The predicted octanol–water partition coefficient (Wildman–Crippen LogP) is 2.98. The summed E-state index contributed by atoms with van der Waals surface area (Å²) in [4.78, 5) is 16.0. The number of amides is 1. The molecule has 0 saturated carbocycles. The molecule has 0 aliphatic rings. The molecule has 0 radical (unpaired) electrons. The third kappa shape index (κ3) is 4.42. The Morgan fingerprint density at radius 1 is 1.53 bits per heavy atom. The molecule has 1 aromatic heterocycles. The molecule has 0 bridgehead atoms. The highest BCUT2D eigenvalue weighted by molar-refractivity contribution is 7.99. The molecule has 5 heteroatoms. The van der Waals surface area contributed by atoms with Gasteiger partial charge in [0.15, 0.2) is 5.16 Å². The van der Waals surface area contributed by atoms with E-state index in [0.29, 0.717) is 24.3 Å². The Morgan fingerprint density at radius 3 is 2.74 bits per heavy atom. The summed E-state index contributed by atoms with van der Waals surface area (Å²) in [6.45, 7) is 12.7. The van der Waals surface area contributed by atoms with Crippen molar-refractivity contribution in [3.63, 3.8) is 0 Å². The van der Waals surface area contributed by atoms with Gasteiger partial charge in [-0.05, 0) is 19.8 Å². The van der Waals surface area contributed by atoms with Crippen molar-refractivity contribution in [2.24, 2.45) is 0 Å². The Balaban J connectivity index is 2.73. The highest BCUT2D eigenvalue weighted by atomic mass is 32.2. The number of hydrogen-bond acceptors (Lipinski definition) is 3. The fourth-order valence-electron chi connectivity index (χ4n) is 1.78. The van der Waals surface area contributed by atoms with Crippen LogP contribution < -0.4 is 5.32 Å². The van der Waals surface area contributed by atoms with Crippen molar-refractivity contribution >= 4 is 17.7 Å². The van der Waals surface area contributed by atoms with E-state index in [0.717, 1.165) is 5.16 Å². The van der Waals surface area contributed by atoms with Gasteiger partial charge in [0.1, 0.15) is 0 Å². The Labute approximate surface area is 119 Å². The van der Waals surface area contributed by atoms with Gasteiger partial charge in [-0.25, -0.2) is 4.98 Å². The lowest BCUT2D eigenvalue weighted by atomic mass is 10.1. The summed E-state index contributed by atoms with van der Waals surface area (Å²) in [5.41, 5.74) is 1.21. The van der Waals surface area contributed by atoms with Crippen LogP contribution in [0.15, 0.2) is 24.0 Å². The minimum atomic E-state index is 0.00861. The monoisotopic (exact) mass is 281 g/mol. The third-order valence-corrected chi connectivity index (χ3v) is 3.64. The summed E-state index contributed by atoms with van der Waals surface area (Å²) in [6.07, 6.45) is 3.59. The molecule has 0 unspecified atom stereocenters. The molecule has 1 rings (SSSR count). The Morgan fingerprint density at radius 2 is 2.21 bits per heavy atom. The summed E-state index contributed by atoms with van der Waals surface area (Å²) in [6, 6.07) is 0.346. The Hall–Kier alpha value is -1.23. The molecule has 0 aliphatic carbocycles. The second kappa shape index (κ2) is 7.38. The molecule has 106 valence electrons. The van der Waals surface area contributed by atoms with Crippen molar-refractivity contribution in [2.45, 2.75) is 44.8 Å². The van der Waals surface area contributed by atoms with Crippen molar-refractivity contribution in [3.05, 3.63) is 24.5 Å². The normalized spacial score (nSPS) is 11.1. The maximum atomic E-state index is 11.6. The van der Waals surface area contributed by atoms with Crippen LogP contribution in [0.1, 0.15) is 45.3 Å². The molecule has 0 atom stereocenters. The summed E-state index contributed by atoms with van der Waals surface area (Å²) in [5.74, 6) is 0.822. The topological polar surface area (TPSA) is 46.9 Å². The largest absolute Gasteiger partial charge is 0.352 e. The van der Waals surface area contributed by atoms with E-state index in [1.54, 1.807) is 6.08 Å². The van der Waals surface area contributed by atoms with E-state index in [9.17, 15) is 4.79 Å². The number of nitrogens with zero attached hydrogens (tertiary/aromatic N) is 2. The van der Waals surface area contributed by atoms with Crippen molar-refractivity contribution in [1.29, 1.82) is 0 Å². The highest BCUT2D eigenvalue weighted by Gasteiger charge is 2.16. The van der Waals surface area contributed by atoms with E-state index >= 15 is 0 Å². The van der Waals surface area contributed by atoms with Gasteiger partial charge in [-0.1, -0.05) is 31.7 Å². The van der Waals surface area contributed by atoms with E-state index < -0.39 is 0 Å². The molecule has 0 aliphatic heterocycles. The first-order valence-corrected chi connectivity index (χ1v) is 7.53. The van der Waals surface area contributed by atoms with Crippen LogP contribution in [0.25, 0.3) is 0 Å². The molecular weight excluding hydrogens is 258 g/mol. The minimum Gasteiger partial charge on any atom is -0.352 e. The number of carbonyl (C=O) groups is 1. The molecule has 4 nitrogen and oxygen atoms in total. The number of rotatable bonds is 7. The smallest absolute Gasteiger partial charge is 0.230 e. The van der Waals surface area contributed by atoms with Crippen LogP contribution in [0.5, 0.6) is 0 Å². The van der Waals surface area contributed by atoms with Gasteiger partial charge < -0.3 is 9.88 Å². The second-order valence-electron chi connectivity index (χ2n) is 4.97. The zero-order valence-electron chi connectivity index (χ0n) is 12.1. The Bertz CT molecular complexity index is 438. The molecule has 0 saturated heterocycles. The first-order valence-electron chi connectivity index (χ1n) is 6.54. The molecule has 0 fully saturated rings. The zero-order chi connectivity index (χ0) is 14.4. The number of imidazole rings is 1. The molecule has 1 heterocycles. The van der Waals surface area contributed by atoms with E-state index in [1.807, 2.05) is 6.20 Å². The lowest BCUT2D eigenvalue weighted by molar-refractivity contribution is -0.118. The van der Waals surface area contributed by atoms with E-state index in [4.69, 9.17) is 0 Å². The standard InChI is InChI=1S/C14H23N3OS/c1-6-7-15-13(18)9-19-14-16-8-12(10(2)3)17(14)11(4)5/h6,8,10-11H,1,7,9H2,2-5H3,(H,15,18). The summed E-state index contributed by atoms with van der Waals surface area (Å²) < 4.78 is 2.20. The fourth-order valence-corrected chi connectivity index (χ4v) is 2.72. The highest BCUT2D eigenvalue weighted by Crippen LogP contribution is 2.26. The first-order chi connectivity index (χ1) is 8.97. The van der Waals surface area contributed by atoms with Crippen LogP contribution in [0.2, 0.25) is 0 Å². The molecule has 1 amide bonds. The van der Waals surface area contributed by atoms with E-state index in [1.165, 1.54) is 17.5 Å². The quantitative estimate of drug-likeness (QED) is 0.617. The SMILES string of the molecule is C=CCNC(=O)CSc1ncc(C(C)C)n1C(C)C. The van der Waals surface area contributed by atoms with Crippen LogP contribution in [0, 0.1) is 0 Å². The fraction of sp³-hybridized carbons (Fsp3) is 0.571. The van der Waals surface area contributed by atoms with E-state index in [2.05, 4.69) is 49.1 Å². The minimum absolute atomic E-state index is 0.00861. The van der Waals surface area contributed by atoms with Crippen molar-refractivity contribution in [3.8, 4) is 0 Å². The summed E-state index contributed by atoms with van der Waals surface area (Å²) >= 11 is 1.48. The second-order valence-corrected chi connectivity index (χ2v) is 5.91. The van der Waals surface area contributed by atoms with Crippen LogP contribution in [-0.2, 0) is 4.79 Å². The van der Waals surface area contributed by atoms with Gasteiger partial charge in [-0.3, -0.25) is 4.79 Å². The average Bonchev–Trinajstić information content (AvgIpc) is 2.77. The van der Waals surface area contributed by atoms with Crippen molar-refractivity contribution < 1.29 is 4.79 Å². The zero-order valence-corrected chi connectivity index (χ0v) is 13.0. The van der Waals surface area contributed by atoms with Crippen LogP contribution in [-0.4, -0.2) is 27.8 Å². The van der Waals surface area contributed by atoms with Gasteiger partial charge in [-0.15, -0.1) is 6.58 Å². The number of carbonyl (C=O) groups excluding carboxylic acids is 1. The molecule has 0 aromatic carbocycles.